The van der Waals surface area contributed by atoms with Crippen molar-refractivity contribution in [3.63, 3.8) is 0 Å². The number of benzene rings is 1. The first-order chi connectivity index (χ1) is 14.6. The van der Waals surface area contributed by atoms with Crippen molar-refractivity contribution < 1.29 is 21.6 Å². The van der Waals surface area contributed by atoms with Crippen LogP contribution in [0.4, 0.5) is 13.2 Å². The molecule has 0 saturated carbocycles. The predicted octanol–water partition coefficient (Wildman–Crippen LogP) is 7.08. The van der Waals surface area contributed by atoms with E-state index in [2.05, 4.69) is 13.8 Å². The Kier molecular flexibility index (Phi) is 8.95. The van der Waals surface area contributed by atoms with Crippen molar-refractivity contribution in [3.8, 4) is 0 Å². The average Bonchev–Trinajstić information content (AvgIpc) is 2.73. The van der Waals surface area contributed by atoms with Crippen LogP contribution in [-0.2, 0) is 10.0 Å². The second-order valence-corrected chi connectivity index (χ2v) is 10.0. The van der Waals surface area contributed by atoms with E-state index < -0.39 is 21.6 Å². The van der Waals surface area contributed by atoms with Crippen LogP contribution in [0.1, 0.15) is 78.2 Å². The van der Waals surface area contributed by atoms with Gasteiger partial charge in [-0.25, -0.2) is 8.42 Å². The number of hydrogen-bond acceptors (Lipinski definition) is 2. The molecule has 2 rings (SSSR count). The van der Waals surface area contributed by atoms with Crippen LogP contribution >= 0.6 is 0 Å². The number of hydrogen-bond donors (Lipinski definition) is 0. The van der Waals surface area contributed by atoms with Crippen molar-refractivity contribution in [2.75, 3.05) is 6.54 Å². The number of unbranched alkanes of at least 4 members (excludes halogenated alkanes) is 2. The molecule has 1 aromatic rings. The van der Waals surface area contributed by atoms with Crippen LogP contribution in [0, 0.1) is 0 Å². The van der Waals surface area contributed by atoms with E-state index in [1.54, 1.807) is 13.8 Å². The second-order valence-electron chi connectivity index (χ2n) is 8.13. The summed E-state index contributed by atoms with van der Waals surface area (Å²) in [5.41, 5.74) is -0.940. The Morgan fingerprint density at radius 2 is 1.58 bits per heavy atom. The highest BCUT2D eigenvalue weighted by Crippen LogP contribution is 2.43. The molecule has 174 valence electrons. The number of allylic oxidation sites excluding steroid dienone is 1. The Balaban J connectivity index is 2.79. The maximum atomic E-state index is 13.5. The summed E-state index contributed by atoms with van der Waals surface area (Å²) in [4.78, 5) is 0. The van der Waals surface area contributed by atoms with Gasteiger partial charge in [-0.2, -0.15) is 17.5 Å². The van der Waals surface area contributed by atoms with Gasteiger partial charge in [-0.15, -0.1) is 0 Å². The molecule has 0 radical (unpaired) electrons. The molecule has 0 bridgehead atoms. The van der Waals surface area contributed by atoms with Gasteiger partial charge in [0.25, 0.3) is 0 Å². The molecule has 0 saturated heterocycles. The monoisotopic (exact) mass is 457 g/mol. The maximum Gasteiger partial charge on any atom is 0.511 e. The number of alkyl halides is 3. The van der Waals surface area contributed by atoms with E-state index in [4.69, 9.17) is 0 Å². The second kappa shape index (κ2) is 10.8. The highest BCUT2D eigenvalue weighted by Gasteiger charge is 2.53. The molecule has 7 heteroatoms. The van der Waals surface area contributed by atoms with Crippen molar-refractivity contribution in [2.45, 2.75) is 84.2 Å². The van der Waals surface area contributed by atoms with Crippen LogP contribution < -0.4 is 0 Å². The van der Waals surface area contributed by atoms with Crippen molar-refractivity contribution in [2.24, 2.45) is 0 Å². The summed E-state index contributed by atoms with van der Waals surface area (Å²) in [6.07, 6.45) is 5.60. The topological polar surface area (TPSA) is 37.4 Å². The van der Waals surface area contributed by atoms with Gasteiger partial charge in [-0.05, 0) is 61.3 Å². The van der Waals surface area contributed by atoms with Gasteiger partial charge < -0.3 is 0 Å². The molecule has 1 atom stereocenters. The number of rotatable bonds is 9. The lowest BCUT2D eigenvalue weighted by molar-refractivity contribution is -0.0495. The van der Waals surface area contributed by atoms with Crippen molar-refractivity contribution >= 4 is 15.6 Å². The molecular weight excluding hydrogens is 423 g/mol. The molecule has 1 heterocycles. The highest BCUT2D eigenvalue weighted by atomic mass is 32.2. The molecule has 1 aliphatic heterocycles. The standard InChI is InChI=1S/C24H34F3NO2S/c1-5-8-13-19(14-9-6-2)21-17-28(31(29,30)24(25,26)27)22(7-3)18(4)23(21)20-15-11-10-12-16-20/h10-12,15-16,22H,5-9,13-14,17H2,1-4H3/t22-/m1/s1. The third kappa shape index (κ3) is 5.61. The summed E-state index contributed by atoms with van der Waals surface area (Å²) in [6.45, 7) is 7.45. The minimum atomic E-state index is -5.44. The minimum Gasteiger partial charge on any atom is -0.203 e. The zero-order valence-electron chi connectivity index (χ0n) is 18.9. The Labute approximate surface area is 185 Å². The first-order valence-corrected chi connectivity index (χ1v) is 12.6. The van der Waals surface area contributed by atoms with Gasteiger partial charge in [0.1, 0.15) is 0 Å². The molecule has 0 aliphatic carbocycles. The van der Waals surface area contributed by atoms with E-state index in [1.807, 2.05) is 30.3 Å². The van der Waals surface area contributed by atoms with Crippen molar-refractivity contribution in [3.05, 3.63) is 52.6 Å². The van der Waals surface area contributed by atoms with Crippen LogP contribution in [0.3, 0.4) is 0 Å². The Hall–Kier alpha value is -1.60. The van der Waals surface area contributed by atoms with Crippen LogP contribution in [-0.4, -0.2) is 30.8 Å². The maximum absolute atomic E-state index is 13.5. The lowest BCUT2D eigenvalue weighted by atomic mass is 9.82. The minimum absolute atomic E-state index is 0.231. The van der Waals surface area contributed by atoms with E-state index in [0.29, 0.717) is 9.88 Å². The SMILES string of the molecule is CCCCC(CCCC)=C1CN(S(=O)(=O)C(F)(F)F)[C@H](CC)C(C)=C1c1ccccc1. The van der Waals surface area contributed by atoms with E-state index in [9.17, 15) is 21.6 Å². The van der Waals surface area contributed by atoms with E-state index in [0.717, 1.165) is 60.8 Å². The summed E-state index contributed by atoms with van der Waals surface area (Å²) in [6, 6.07) is 8.81. The number of nitrogens with zero attached hydrogens (tertiary/aromatic N) is 1. The molecule has 0 aromatic heterocycles. The molecule has 0 amide bonds. The van der Waals surface area contributed by atoms with Crippen molar-refractivity contribution in [1.29, 1.82) is 0 Å². The highest BCUT2D eigenvalue weighted by molar-refractivity contribution is 7.90. The van der Waals surface area contributed by atoms with Crippen LogP contribution in [0.25, 0.3) is 5.57 Å². The van der Waals surface area contributed by atoms with Crippen molar-refractivity contribution in [1.82, 2.24) is 4.31 Å². The fourth-order valence-corrected chi connectivity index (χ4v) is 5.57. The average molecular weight is 458 g/mol. The largest absolute Gasteiger partial charge is 0.511 e. The number of sulfonamides is 1. The first kappa shape index (κ1) is 25.7. The summed E-state index contributed by atoms with van der Waals surface area (Å²) < 4.78 is 66.4. The fraction of sp³-hybridized carbons (Fsp3) is 0.583. The van der Waals surface area contributed by atoms with E-state index in [-0.39, 0.29) is 13.0 Å². The molecule has 3 nitrogen and oxygen atoms in total. The Morgan fingerprint density at radius 1 is 1.03 bits per heavy atom. The summed E-state index contributed by atoms with van der Waals surface area (Å²) in [7, 11) is -5.44. The van der Waals surface area contributed by atoms with Gasteiger partial charge in [0.15, 0.2) is 0 Å². The molecule has 0 N–H and O–H groups in total. The Bertz CT molecular complexity index is 893. The van der Waals surface area contributed by atoms with Gasteiger partial charge >= 0.3 is 15.5 Å². The molecule has 0 spiro atoms. The summed E-state index contributed by atoms with van der Waals surface area (Å²) >= 11 is 0. The molecule has 0 unspecified atom stereocenters. The molecular formula is C24H34F3NO2S. The first-order valence-electron chi connectivity index (χ1n) is 11.2. The lowest BCUT2D eigenvalue weighted by Gasteiger charge is -2.39. The van der Waals surface area contributed by atoms with Gasteiger partial charge in [0, 0.05) is 12.6 Å². The Morgan fingerprint density at radius 3 is 2.03 bits per heavy atom. The summed E-state index contributed by atoms with van der Waals surface area (Å²) in [5, 5.41) is 0. The zero-order valence-corrected chi connectivity index (χ0v) is 19.7. The van der Waals surface area contributed by atoms with Crippen LogP contribution in [0.2, 0.25) is 0 Å². The summed E-state index contributed by atoms with van der Waals surface area (Å²) in [5.74, 6) is 0. The molecule has 0 fully saturated rings. The zero-order chi connectivity index (χ0) is 23.2. The van der Waals surface area contributed by atoms with Crippen LogP contribution in [0.15, 0.2) is 47.1 Å². The van der Waals surface area contributed by atoms with Crippen LogP contribution in [0.5, 0.6) is 0 Å². The number of halogens is 3. The normalized spacial score (nSPS) is 18.5. The smallest absolute Gasteiger partial charge is 0.203 e. The quantitative estimate of drug-likeness (QED) is 0.397. The van der Waals surface area contributed by atoms with Gasteiger partial charge in [-0.3, -0.25) is 0 Å². The molecule has 1 aromatic carbocycles. The van der Waals surface area contributed by atoms with E-state index in [1.165, 1.54) is 0 Å². The van der Waals surface area contributed by atoms with Gasteiger partial charge in [0.2, 0.25) is 0 Å². The molecule has 1 aliphatic rings. The van der Waals surface area contributed by atoms with Gasteiger partial charge in [-0.1, -0.05) is 69.5 Å². The predicted molar refractivity (Wildman–Crippen MR) is 121 cm³/mol. The van der Waals surface area contributed by atoms with Gasteiger partial charge in [0.05, 0.1) is 0 Å². The van der Waals surface area contributed by atoms with E-state index >= 15 is 0 Å². The molecule has 31 heavy (non-hydrogen) atoms. The lowest BCUT2D eigenvalue weighted by Crippen LogP contribution is -2.50. The fourth-order valence-electron chi connectivity index (χ4n) is 4.36. The third-order valence-electron chi connectivity index (χ3n) is 6.00. The third-order valence-corrected chi connectivity index (χ3v) is 7.58.